The van der Waals surface area contributed by atoms with Crippen LogP contribution in [0, 0.1) is 0 Å². The monoisotopic (exact) mass is 711 g/mol. The van der Waals surface area contributed by atoms with Crippen LogP contribution in [0.25, 0.3) is 0 Å². The fraction of sp³-hybridized carbons (Fsp3) is 0.515. The molecule has 2 aromatic rings. The van der Waals surface area contributed by atoms with Gasteiger partial charge in [-0.2, -0.15) is 0 Å². The minimum absolute atomic E-state index is 0.137. The highest BCUT2D eigenvalue weighted by Crippen LogP contribution is 2.30. The van der Waals surface area contributed by atoms with Gasteiger partial charge >= 0.3 is 11.9 Å². The Kier molecular flexibility index (Phi) is 18.3. The summed E-state index contributed by atoms with van der Waals surface area (Å²) in [4.78, 5) is 43.6. The number of rotatable bonds is 21. The summed E-state index contributed by atoms with van der Waals surface area (Å²) in [5.41, 5.74) is 5.32. The number of carboxylic acids is 4. The molecule has 12 N–H and O–H groups in total. The molecule has 17 nitrogen and oxygen atoms in total. The number of aliphatic hydroxyl groups is 4. The minimum Gasteiger partial charge on any atom is -0.550 e. The van der Waals surface area contributed by atoms with Gasteiger partial charge in [0, 0.05) is 35.9 Å². The first-order valence-corrected chi connectivity index (χ1v) is 15.9. The molecule has 0 aliphatic heterocycles. The number of carbonyl (C=O) groups is 4. The highest BCUT2D eigenvalue weighted by molar-refractivity contribution is 5.86. The lowest BCUT2D eigenvalue weighted by Crippen LogP contribution is -3.31. The number of hydrogen-bond acceptors (Lipinski definition) is 13. The van der Waals surface area contributed by atoms with Crippen LogP contribution in [-0.4, -0.2) is 109 Å². The molecule has 6 unspecified atom stereocenters. The summed E-state index contributed by atoms with van der Waals surface area (Å²) >= 11 is 0. The van der Waals surface area contributed by atoms with Crippen molar-refractivity contribution in [3.8, 4) is 11.5 Å². The predicted octanol–water partition coefficient (Wildman–Crippen LogP) is -5.06. The molecule has 0 aliphatic rings. The van der Waals surface area contributed by atoms with Crippen molar-refractivity contribution in [1.29, 1.82) is 0 Å². The van der Waals surface area contributed by atoms with Crippen LogP contribution < -0.4 is 25.7 Å². The fourth-order valence-corrected chi connectivity index (χ4v) is 6.44. The van der Waals surface area contributed by atoms with Crippen molar-refractivity contribution in [2.75, 3.05) is 32.8 Å². The summed E-state index contributed by atoms with van der Waals surface area (Å²) in [6, 6.07) is 6.70. The molecule has 0 amide bonds. The van der Waals surface area contributed by atoms with Gasteiger partial charge in [0.2, 0.25) is 0 Å². The van der Waals surface area contributed by atoms with Crippen LogP contribution in [0.5, 0.6) is 11.5 Å². The van der Waals surface area contributed by atoms with Crippen LogP contribution in [0.15, 0.2) is 36.4 Å². The third kappa shape index (κ3) is 11.6. The van der Waals surface area contributed by atoms with Gasteiger partial charge in [0.25, 0.3) is 0 Å². The number of aliphatic carboxylic acids is 4. The van der Waals surface area contributed by atoms with Gasteiger partial charge in [-0.15, -0.1) is 0 Å². The highest BCUT2D eigenvalue weighted by atomic mass is 16.4. The van der Waals surface area contributed by atoms with Gasteiger partial charge in [-0.3, -0.25) is 0 Å². The molecule has 0 fully saturated rings. The SMILES string of the molecule is CC(c1cccc(CO)c1O)[NH+](CC(=O)O)C(CO)C(CO)(CCCCN)[NH+](CC(=O)O)C(C)c1cccc(CO)c1O.O=C([O-])CC(=O)[O-]. The molecule has 50 heavy (non-hydrogen) atoms. The summed E-state index contributed by atoms with van der Waals surface area (Å²) < 4.78 is 0. The van der Waals surface area contributed by atoms with Crippen molar-refractivity contribution >= 4 is 23.9 Å². The van der Waals surface area contributed by atoms with Crippen LogP contribution in [0.2, 0.25) is 0 Å². The van der Waals surface area contributed by atoms with Crippen molar-refractivity contribution in [2.45, 2.75) is 76.4 Å². The van der Waals surface area contributed by atoms with Gasteiger partial charge in [-0.1, -0.05) is 24.3 Å². The van der Waals surface area contributed by atoms with Crippen LogP contribution in [-0.2, 0) is 32.4 Å². The molecule has 0 saturated carbocycles. The summed E-state index contributed by atoms with van der Waals surface area (Å²) in [7, 11) is 0. The van der Waals surface area contributed by atoms with Gasteiger partial charge in [0.15, 0.2) is 24.7 Å². The molecule has 0 aromatic heterocycles. The summed E-state index contributed by atoms with van der Waals surface area (Å²) in [5.74, 6) is -6.17. The number of carboxylic acid groups (broad SMARTS) is 4. The Balaban J connectivity index is 0.00000161. The Morgan fingerprint density at radius 2 is 1.26 bits per heavy atom. The van der Waals surface area contributed by atoms with Crippen molar-refractivity contribution in [1.82, 2.24) is 0 Å². The van der Waals surface area contributed by atoms with Crippen molar-refractivity contribution in [3.05, 3.63) is 58.7 Å². The highest BCUT2D eigenvalue weighted by Gasteiger charge is 2.56. The maximum atomic E-state index is 12.3. The number of aliphatic hydroxyl groups excluding tert-OH is 4. The maximum absolute atomic E-state index is 12.3. The molecule has 2 rings (SSSR count). The Morgan fingerprint density at radius 3 is 1.62 bits per heavy atom. The van der Waals surface area contributed by atoms with Gasteiger partial charge in [-0.25, -0.2) is 9.59 Å². The van der Waals surface area contributed by atoms with Gasteiger partial charge in [0.1, 0.15) is 36.8 Å². The van der Waals surface area contributed by atoms with Gasteiger partial charge in [0.05, 0.1) is 24.3 Å². The van der Waals surface area contributed by atoms with Gasteiger partial charge in [-0.05, 0) is 45.4 Å². The molecule has 0 radical (unpaired) electrons. The molecule has 0 bridgehead atoms. The molecule has 2 aromatic carbocycles. The molecule has 17 heteroatoms. The van der Waals surface area contributed by atoms with E-state index >= 15 is 0 Å². The maximum Gasteiger partial charge on any atom is 0.359 e. The molecular weight excluding hydrogens is 662 g/mol. The van der Waals surface area contributed by atoms with E-state index in [0.717, 1.165) is 0 Å². The zero-order valence-corrected chi connectivity index (χ0v) is 28.1. The molecule has 0 heterocycles. The average Bonchev–Trinajstić information content (AvgIpc) is 3.05. The molecular formula is C33H49N3O14. The second-order valence-electron chi connectivity index (χ2n) is 11.9. The Morgan fingerprint density at radius 1 is 0.780 bits per heavy atom. The zero-order valence-electron chi connectivity index (χ0n) is 28.1. The van der Waals surface area contributed by atoms with E-state index in [2.05, 4.69) is 0 Å². The molecule has 0 aliphatic carbocycles. The van der Waals surface area contributed by atoms with E-state index in [1.807, 2.05) is 0 Å². The lowest BCUT2D eigenvalue weighted by atomic mass is 9.79. The second-order valence-corrected chi connectivity index (χ2v) is 11.9. The van der Waals surface area contributed by atoms with Crippen LogP contribution in [0.4, 0.5) is 0 Å². The normalized spacial score (nSPS) is 15.3. The Bertz CT molecular complexity index is 1410. The number of aromatic hydroxyl groups is 2. The van der Waals surface area contributed by atoms with Crippen molar-refractivity contribution in [3.63, 3.8) is 0 Å². The standard InChI is InChI=1S/C30H45N3O10.C3H4O4/c1-19(23-9-5-7-21(15-34)28(23)42)32(13-26(38)39)25(17-36)30(18-37,11-3-4-12-31)33(14-27(40)41)20(2)24-10-6-8-22(16-35)29(24)43;4-2(5)1-3(6)7/h5-10,19-20,25,34-37,42-43H,3-4,11-18,31H2,1-2H3,(H,38,39)(H,40,41);1H2,(H,4,5)(H,6,7). The lowest BCUT2D eigenvalue weighted by Gasteiger charge is -2.48. The number of phenols is 2. The minimum atomic E-state index is -1.63. The summed E-state index contributed by atoms with van der Waals surface area (Å²) in [5, 5.41) is 102. The number of nitrogens with one attached hydrogen (secondary N) is 2. The second kappa shape index (κ2) is 21.0. The summed E-state index contributed by atoms with van der Waals surface area (Å²) in [6.45, 7) is 0.239. The van der Waals surface area contributed by atoms with E-state index < -0.39 is 93.5 Å². The smallest absolute Gasteiger partial charge is 0.359 e. The van der Waals surface area contributed by atoms with E-state index in [1.165, 1.54) is 12.1 Å². The number of hydrogen-bond donors (Lipinski definition) is 11. The predicted molar refractivity (Wildman–Crippen MR) is 170 cm³/mol. The van der Waals surface area contributed by atoms with Crippen LogP contribution >= 0.6 is 0 Å². The first-order valence-electron chi connectivity index (χ1n) is 15.9. The zero-order chi connectivity index (χ0) is 38.2. The third-order valence-electron chi connectivity index (χ3n) is 8.94. The number of benzene rings is 2. The quantitative estimate of drug-likeness (QED) is 0.0426. The first kappa shape index (κ1) is 43.7. The van der Waals surface area contributed by atoms with E-state index in [0.29, 0.717) is 30.5 Å². The van der Waals surface area contributed by atoms with Crippen molar-refractivity contribution < 1.29 is 80.0 Å². The lowest BCUT2D eigenvalue weighted by molar-refractivity contribution is -1.04. The molecule has 0 saturated heterocycles. The summed E-state index contributed by atoms with van der Waals surface area (Å²) in [6.07, 6.45) is 0.0207. The fourth-order valence-electron chi connectivity index (χ4n) is 6.44. The van der Waals surface area contributed by atoms with E-state index in [1.54, 1.807) is 38.1 Å². The number of carbonyl (C=O) groups excluding carboxylic acids is 2. The number of nitrogens with two attached hydrogens (primary N) is 1. The Labute approximate surface area is 289 Å². The van der Waals surface area contributed by atoms with Crippen LogP contribution in [0.3, 0.4) is 0 Å². The van der Waals surface area contributed by atoms with Crippen molar-refractivity contribution in [2.24, 2.45) is 5.73 Å². The van der Waals surface area contributed by atoms with E-state index in [9.17, 15) is 70.2 Å². The van der Waals surface area contributed by atoms with Crippen LogP contribution in [0.1, 0.15) is 73.9 Å². The topological polar surface area (TPSA) is 311 Å². The van der Waals surface area contributed by atoms with E-state index in [4.69, 9.17) is 5.73 Å². The Hall–Kier alpha value is -4.36. The number of unbranched alkanes of at least 4 members (excludes halogenated alkanes) is 1. The third-order valence-corrected chi connectivity index (χ3v) is 8.94. The average molecular weight is 712 g/mol. The largest absolute Gasteiger partial charge is 0.550 e. The van der Waals surface area contributed by atoms with E-state index in [-0.39, 0.29) is 38.8 Å². The molecule has 6 atom stereocenters. The number of quaternary nitrogens is 2. The molecule has 280 valence electrons. The molecule has 0 spiro atoms. The van der Waals surface area contributed by atoms with Gasteiger partial charge < -0.3 is 76.2 Å². The number of para-hydroxylation sites is 2. The first-order chi connectivity index (χ1) is 23.6.